The van der Waals surface area contributed by atoms with Gasteiger partial charge in [-0.1, -0.05) is 0 Å². The summed E-state index contributed by atoms with van der Waals surface area (Å²) in [6.07, 6.45) is 2.67. The number of hydrogen-bond donors (Lipinski definition) is 2. The highest BCUT2D eigenvalue weighted by Crippen LogP contribution is 2.20. The van der Waals surface area contributed by atoms with Crippen LogP contribution in [0.4, 0.5) is 0 Å². The van der Waals surface area contributed by atoms with Gasteiger partial charge in [0.25, 0.3) is 0 Å². The Hall–Kier alpha value is -1.33. The smallest absolute Gasteiger partial charge is 0.237 e. The quantitative estimate of drug-likeness (QED) is 0.819. The van der Waals surface area contributed by atoms with Gasteiger partial charge in [0.1, 0.15) is 11.5 Å². The number of rotatable bonds is 6. The molecule has 1 aliphatic rings. The van der Waals surface area contributed by atoms with E-state index >= 15 is 0 Å². The highest BCUT2D eigenvalue weighted by molar-refractivity contribution is 5.82. The largest absolute Gasteiger partial charge is 0.464 e. The Morgan fingerprint density at radius 3 is 3.05 bits per heavy atom. The predicted octanol–water partition coefficient (Wildman–Crippen LogP) is 1.53. The standard InChI is InChI=1S/C14H22N2O3/c1-10-5-6-13(19-10)11(7-9-18-2)16-14(17)12-4-3-8-15-12/h5-6,11-12,15H,3-4,7-9H2,1-2H3,(H,16,17). The molecular weight excluding hydrogens is 244 g/mol. The summed E-state index contributed by atoms with van der Waals surface area (Å²) < 4.78 is 10.7. The van der Waals surface area contributed by atoms with Crippen LogP contribution in [0, 0.1) is 6.92 Å². The summed E-state index contributed by atoms with van der Waals surface area (Å²) in [5.41, 5.74) is 0. The first-order valence-electron chi connectivity index (χ1n) is 6.79. The van der Waals surface area contributed by atoms with Gasteiger partial charge in [-0.25, -0.2) is 0 Å². The van der Waals surface area contributed by atoms with Crippen LogP contribution in [0.1, 0.15) is 36.8 Å². The molecule has 2 N–H and O–H groups in total. The lowest BCUT2D eigenvalue weighted by molar-refractivity contribution is -0.123. The summed E-state index contributed by atoms with van der Waals surface area (Å²) in [6.45, 7) is 3.40. The maximum absolute atomic E-state index is 12.1. The summed E-state index contributed by atoms with van der Waals surface area (Å²) in [7, 11) is 1.66. The zero-order valence-electron chi connectivity index (χ0n) is 11.6. The van der Waals surface area contributed by atoms with Crippen molar-refractivity contribution >= 4 is 5.91 Å². The summed E-state index contributed by atoms with van der Waals surface area (Å²) >= 11 is 0. The van der Waals surface area contributed by atoms with E-state index in [9.17, 15) is 4.79 Å². The molecule has 2 unspecified atom stereocenters. The second-order valence-corrected chi connectivity index (χ2v) is 4.94. The van der Waals surface area contributed by atoms with Crippen LogP contribution in [0.5, 0.6) is 0 Å². The molecule has 0 radical (unpaired) electrons. The van der Waals surface area contributed by atoms with E-state index in [0.717, 1.165) is 30.9 Å². The minimum Gasteiger partial charge on any atom is -0.464 e. The summed E-state index contributed by atoms with van der Waals surface area (Å²) in [5, 5.41) is 6.25. The van der Waals surface area contributed by atoms with Gasteiger partial charge in [-0.3, -0.25) is 4.79 Å². The number of hydrogen-bond acceptors (Lipinski definition) is 4. The van der Waals surface area contributed by atoms with Crippen molar-refractivity contribution < 1.29 is 13.9 Å². The fraction of sp³-hybridized carbons (Fsp3) is 0.643. The zero-order valence-corrected chi connectivity index (χ0v) is 11.6. The van der Waals surface area contributed by atoms with E-state index in [1.54, 1.807) is 7.11 Å². The first-order valence-corrected chi connectivity index (χ1v) is 6.79. The lowest BCUT2D eigenvalue weighted by atomic mass is 10.1. The molecule has 0 spiro atoms. The van der Waals surface area contributed by atoms with Crippen molar-refractivity contribution in [1.82, 2.24) is 10.6 Å². The van der Waals surface area contributed by atoms with Crippen molar-refractivity contribution in [1.29, 1.82) is 0 Å². The van der Waals surface area contributed by atoms with Crippen molar-refractivity contribution in [3.8, 4) is 0 Å². The Kier molecular flexibility index (Phi) is 4.99. The highest BCUT2D eigenvalue weighted by atomic mass is 16.5. The average molecular weight is 266 g/mol. The summed E-state index contributed by atoms with van der Waals surface area (Å²) in [6, 6.07) is 3.64. The SMILES string of the molecule is COCCC(NC(=O)C1CCCN1)c1ccc(C)o1. The first kappa shape index (κ1) is 14.1. The molecule has 1 aromatic heterocycles. The van der Waals surface area contributed by atoms with Gasteiger partial charge in [-0.2, -0.15) is 0 Å². The normalized spacial score (nSPS) is 20.4. The minimum atomic E-state index is -0.122. The maximum Gasteiger partial charge on any atom is 0.237 e. The van der Waals surface area contributed by atoms with Gasteiger partial charge >= 0.3 is 0 Å². The number of ether oxygens (including phenoxy) is 1. The van der Waals surface area contributed by atoms with Crippen LogP contribution in [-0.4, -0.2) is 32.2 Å². The lowest BCUT2D eigenvalue weighted by Gasteiger charge is -2.19. The number of carbonyl (C=O) groups excluding carboxylic acids is 1. The first-order chi connectivity index (χ1) is 9.20. The number of aryl methyl sites for hydroxylation is 1. The Balaban J connectivity index is 1.98. The van der Waals surface area contributed by atoms with Crippen molar-refractivity contribution in [3.63, 3.8) is 0 Å². The third-order valence-corrected chi connectivity index (χ3v) is 3.41. The number of furan rings is 1. The molecule has 1 fully saturated rings. The maximum atomic E-state index is 12.1. The van der Waals surface area contributed by atoms with Crippen LogP contribution in [0.3, 0.4) is 0 Å². The number of methoxy groups -OCH3 is 1. The van der Waals surface area contributed by atoms with Gasteiger partial charge < -0.3 is 19.8 Å². The molecule has 0 saturated carbocycles. The van der Waals surface area contributed by atoms with Gasteiger partial charge in [0, 0.05) is 13.7 Å². The fourth-order valence-electron chi connectivity index (χ4n) is 2.34. The Labute approximate surface area is 113 Å². The number of nitrogens with one attached hydrogen (secondary N) is 2. The van der Waals surface area contributed by atoms with Gasteiger partial charge in [-0.05, 0) is 44.9 Å². The molecule has 0 aromatic carbocycles. The van der Waals surface area contributed by atoms with Gasteiger partial charge in [0.05, 0.1) is 12.1 Å². The van der Waals surface area contributed by atoms with Crippen molar-refractivity contribution in [3.05, 3.63) is 23.7 Å². The molecule has 2 rings (SSSR count). The molecule has 5 heteroatoms. The Morgan fingerprint density at radius 2 is 2.47 bits per heavy atom. The Bertz CT molecular complexity index is 411. The average Bonchev–Trinajstić information content (AvgIpc) is 3.05. The van der Waals surface area contributed by atoms with Crippen molar-refractivity contribution in [2.45, 2.75) is 38.3 Å². The van der Waals surface area contributed by atoms with Crippen LogP contribution in [-0.2, 0) is 9.53 Å². The third-order valence-electron chi connectivity index (χ3n) is 3.41. The topological polar surface area (TPSA) is 63.5 Å². The van der Waals surface area contributed by atoms with Crippen LogP contribution < -0.4 is 10.6 Å². The predicted molar refractivity (Wildman–Crippen MR) is 71.8 cm³/mol. The molecule has 1 amide bonds. The molecule has 19 heavy (non-hydrogen) atoms. The number of amides is 1. The second kappa shape index (κ2) is 6.73. The van der Waals surface area contributed by atoms with Crippen LogP contribution in [0.2, 0.25) is 0 Å². The minimum absolute atomic E-state index is 0.0488. The van der Waals surface area contributed by atoms with Crippen molar-refractivity contribution in [2.24, 2.45) is 0 Å². The summed E-state index contributed by atoms with van der Waals surface area (Å²) in [4.78, 5) is 12.1. The zero-order chi connectivity index (χ0) is 13.7. The van der Waals surface area contributed by atoms with Crippen LogP contribution in [0.15, 0.2) is 16.5 Å². The molecule has 1 aliphatic heterocycles. The van der Waals surface area contributed by atoms with E-state index in [0.29, 0.717) is 13.0 Å². The number of carbonyl (C=O) groups is 1. The molecule has 5 nitrogen and oxygen atoms in total. The van der Waals surface area contributed by atoms with Gasteiger partial charge in [0.2, 0.25) is 5.91 Å². The van der Waals surface area contributed by atoms with E-state index in [2.05, 4.69) is 10.6 Å². The van der Waals surface area contributed by atoms with Crippen molar-refractivity contribution in [2.75, 3.05) is 20.3 Å². The molecular formula is C14H22N2O3. The van der Waals surface area contributed by atoms with Gasteiger partial charge in [-0.15, -0.1) is 0 Å². The highest BCUT2D eigenvalue weighted by Gasteiger charge is 2.25. The Morgan fingerprint density at radius 1 is 1.63 bits per heavy atom. The monoisotopic (exact) mass is 266 g/mol. The lowest BCUT2D eigenvalue weighted by Crippen LogP contribution is -2.42. The molecule has 1 saturated heterocycles. The van der Waals surface area contributed by atoms with E-state index in [-0.39, 0.29) is 18.0 Å². The molecule has 0 aliphatic carbocycles. The molecule has 2 atom stereocenters. The second-order valence-electron chi connectivity index (χ2n) is 4.94. The van der Waals surface area contributed by atoms with Crippen LogP contribution >= 0.6 is 0 Å². The van der Waals surface area contributed by atoms with Crippen LogP contribution in [0.25, 0.3) is 0 Å². The fourth-order valence-corrected chi connectivity index (χ4v) is 2.34. The van der Waals surface area contributed by atoms with E-state index < -0.39 is 0 Å². The van der Waals surface area contributed by atoms with Gasteiger partial charge in [0.15, 0.2) is 0 Å². The summed E-state index contributed by atoms with van der Waals surface area (Å²) in [5.74, 6) is 1.69. The third kappa shape index (κ3) is 3.81. The van der Waals surface area contributed by atoms with E-state index in [4.69, 9.17) is 9.15 Å². The molecule has 1 aromatic rings. The molecule has 2 heterocycles. The van der Waals surface area contributed by atoms with E-state index in [1.165, 1.54) is 0 Å². The molecule has 106 valence electrons. The molecule has 0 bridgehead atoms. The van der Waals surface area contributed by atoms with E-state index in [1.807, 2.05) is 19.1 Å².